The van der Waals surface area contributed by atoms with Gasteiger partial charge in [-0.05, 0) is 49.4 Å². The molecule has 2 heterocycles. The number of piperidine rings is 2. The molecule has 6 heteroatoms. The Morgan fingerprint density at radius 2 is 1.65 bits per heavy atom. The van der Waals surface area contributed by atoms with Gasteiger partial charge in [0.2, 0.25) is 11.8 Å². The first-order chi connectivity index (χ1) is 12.5. The predicted octanol–water partition coefficient (Wildman–Crippen LogP) is 2.50. The van der Waals surface area contributed by atoms with E-state index >= 15 is 0 Å². The first-order valence-corrected chi connectivity index (χ1v) is 9.40. The summed E-state index contributed by atoms with van der Waals surface area (Å²) in [5.74, 6) is -0.982. The van der Waals surface area contributed by atoms with Gasteiger partial charge in [0, 0.05) is 6.42 Å². The van der Waals surface area contributed by atoms with Crippen LogP contribution in [0.2, 0.25) is 0 Å². The van der Waals surface area contributed by atoms with Gasteiger partial charge in [0.25, 0.3) is 0 Å². The van der Waals surface area contributed by atoms with E-state index in [0.29, 0.717) is 18.8 Å². The summed E-state index contributed by atoms with van der Waals surface area (Å²) < 4.78 is 0. The molecule has 2 N–H and O–H groups in total. The van der Waals surface area contributed by atoms with Crippen LogP contribution in [0.15, 0.2) is 24.3 Å². The minimum atomic E-state index is -0.776. The van der Waals surface area contributed by atoms with Gasteiger partial charge in [-0.3, -0.25) is 24.6 Å². The third-order valence-electron chi connectivity index (χ3n) is 5.00. The van der Waals surface area contributed by atoms with Crippen LogP contribution < -0.4 is 5.32 Å². The molecule has 1 aromatic rings. The second kappa shape index (κ2) is 9.48. The number of imide groups is 1. The van der Waals surface area contributed by atoms with Crippen molar-refractivity contribution in [2.45, 2.75) is 51.4 Å². The van der Waals surface area contributed by atoms with Gasteiger partial charge >= 0.3 is 5.97 Å². The lowest BCUT2D eigenvalue weighted by Gasteiger charge is -2.31. The SMILES string of the molecule is CC.O=C(O)CN1CCC(c2ccc(C3CCC(=O)NC3=O)cc2)CC1. The molecule has 142 valence electrons. The molecule has 6 nitrogen and oxygen atoms in total. The maximum Gasteiger partial charge on any atom is 0.317 e. The Bertz CT molecular complexity index is 634. The lowest BCUT2D eigenvalue weighted by atomic mass is 9.86. The minimum absolute atomic E-state index is 0.112. The first kappa shape index (κ1) is 20.1. The molecule has 2 saturated heterocycles. The number of carboxylic acids is 1. The average molecular weight is 360 g/mol. The van der Waals surface area contributed by atoms with Gasteiger partial charge in [0.1, 0.15) is 0 Å². The predicted molar refractivity (Wildman–Crippen MR) is 99.0 cm³/mol. The van der Waals surface area contributed by atoms with E-state index in [0.717, 1.165) is 31.5 Å². The zero-order valence-electron chi connectivity index (χ0n) is 15.5. The van der Waals surface area contributed by atoms with E-state index in [9.17, 15) is 14.4 Å². The number of aliphatic carboxylic acids is 1. The molecule has 0 spiro atoms. The fourth-order valence-corrected chi connectivity index (χ4v) is 3.63. The average Bonchev–Trinajstić information content (AvgIpc) is 2.64. The molecule has 2 fully saturated rings. The molecule has 1 unspecified atom stereocenters. The fraction of sp³-hybridized carbons (Fsp3) is 0.550. The number of carbonyl (C=O) groups excluding carboxylic acids is 2. The third-order valence-corrected chi connectivity index (χ3v) is 5.00. The first-order valence-electron chi connectivity index (χ1n) is 9.40. The molecule has 0 saturated carbocycles. The normalized spacial score (nSPS) is 21.5. The van der Waals surface area contributed by atoms with Crippen molar-refractivity contribution in [1.29, 1.82) is 0 Å². The molecule has 0 bridgehead atoms. The Labute approximate surface area is 154 Å². The number of nitrogens with zero attached hydrogens (tertiary/aromatic N) is 1. The van der Waals surface area contributed by atoms with Crippen LogP contribution in [0.4, 0.5) is 0 Å². The van der Waals surface area contributed by atoms with Crippen LogP contribution in [0.5, 0.6) is 0 Å². The van der Waals surface area contributed by atoms with E-state index in [-0.39, 0.29) is 24.3 Å². The van der Waals surface area contributed by atoms with E-state index in [1.54, 1.807) is 0 Å². The molecular formula is C20H28N2O4. The summed E-state index contributed by atoms with van der Waals surface area (Å²) in [6, 6.07) is 8.10. The van der Waals surface area contributed by atoms with Crippen LogP contribution in [-0.4, -0.2) is 47.4 Å². The van der Waals surface area contributed by atoms with E-state index in [2.05, 4.69) is 17.4 Å². The summed E-state index contributed by atoms with van der Waals surface area (Å²) in [4.78, 5) is 35.9. The monoisotopic (exact) mass is 360 g/mol. The highest BCUT2D eigenvalue weighted by molar-refractivity contribution is 6.00. The Kier molecular flexibility index (Phi) is 7.33. The number of carboxylic acid groups (broad SMARTS) is 1. The van der Waals surface area contributed by atoms with Crippen molar-refractivity contribution in [2.24, 2.45) is 0 Å². The number of hydrogen-bond donors (Lipinski definition) is 2. The number of rotatable bonds is 4. The van der Waals surface area contributed by atoms with Crippen LogP contribution >= 0.6 is 0 Å². The summed E-state index contributed by atoms with van der Waals surface area (Å²) >= 11 is 0. The Hall–Kier alpha value is -2.21. The largest absolute Gasteiger partial charge is 0.480 e. The van der Waals surface area contributed by atoms with Gasteiger partial charge in [-0.25, -0.2) is 0 Å². The van der Waals surface area contributed by atoms with Crippen molar-refractivity contribution in [3.63, 3.8) is 0 Å². The van der Waals surface area contributed by atoms with Gasteiger partial charge in [-0.2, -0.15) is 0 Å². The van der Waals surface area contributed by atoms with Crippen LogP contribution in [0.25, 0.3) is 0 Å². The van der Waals surface area contributed by atoms with Crippen LogP contribution in [0.1, 0.15) is 62.5 Å². The molecule has 2 amide bonds. The fourth-order valence-electron chi connectivity index (χ4n) is 3.63. The minimum Gasteiger partial charge on any atom is -0.480 e. The van der Waals surface area contributed by atoms with E-state index in [4.69, 9.17) is 5.11 Å². The molecule has 26 heavy (non-hydrogen) atoms. The number of nitrogens with one attached hydrogen (secondary N) is 1. The standard InChI is InChI=1S/C18H22N2O4.C2H6/c21-16-6-5-15(18(24)19-16)14-3-1-12(2-4-14)13-7-9-20(10-8-13)11-17(22)23;1-2/h1-4,13,15H,5-11H2,(H,22,23)(H,19,21,24);1-2H3. The van der Waals surface area contributed by atoms with Gasteiger partial charge in [-0.15, -0.1) is 0 Å². The lowest BCUT2D eigenvalue weighted by Crippen LogP contribution is -2.39. The summed E-state index contributed by atoms with van der Waals surface area (Å²) in [6.45, 7) is 5.71. The maximum absolute atomic E-state index is 11.9. The van der Waals surface area contributed by atoms with E-state index in [1.807, 2.05) is 30.9 Å². The summed E-state index contributed by atoms with van der Waals surface area (Å²) in [5, 5.41) is 11.2. The van der Waals surface area contributed by atoms with E-state index in [1.165, 1.54) is 5.56 Å². The number of carbonyl (C=O) groups is 3. The molecule has 2 aliphatic rings. The summed E-state index contributed by atoms with van der Waals surface area (Å²) in [6.07, 6.45) is 2.86. The Balaban J connectivity index is 0.00000117. The third kappa shape index (κ3) is 5.14. The van der Waals surface area contributed by atoms with Gasteiger partial charge < -0.3 is 5.11 Å². The van der Waals surface area contributed by atoms with E-state index < -0.39 is 5.97 Å². The number of likely N-dealkylation sites (tertiary alicyclic amines) is 1. The van der Waals surface area contributed by atoms with Crippen molar-refractivity contribution in [3.05, 3.63) is 35.4 Å². The smallest absolute Gasteiger partial charge is 0.317 e. The second-order valence-corrected chi connectivity index (χ2v) is 6.61. The quantitative estimate of drug-likeness (QED) is 0.806. The molecule has 3 rings (SSSR count). The number of benzene rings is 1. The molecule has 0 aromatic heterocycles. The summed E-state index contributed by atoms with van der Waals surface area (Å²) in [5.41, 5.74) is 2.19. The van der Waals surface area contributed by atoms with Crippen molar-refractivity contribution in [1.82, 2.24) is 10.2 Å². The van der Waals surface area contributed by atoms with Crippen LogP contribution in [0, 0.1) is 0 Å². The topological polar surface area (TPSA) is 86.7 Å². The zero-order valence-corrected chi connectivity index (χ0v) is 15.5. The molecule has 0 radical (unpaired) electrons. The van der Waals surface area contributed by atoms with Crippen molar-refractivity contribution in [2.75, 3.05) is 19.6 Å². The Morgan fingerprint density at radius 3 is 2.19 bits per heavy atom. The molecule has 1 atom stereocenters. The van der Waals surface area contributed by atoms with Crippen molar-refractivity contribution < 1.29 is 19.5 Å². The maximum atomic E-state index is 11.9. The highest BCUT2D eigenvalue weighted by Crippen LogP contribution is 2.30. The molecule has 2 aliphatic heterocycles. The highest BCUT2D eigenvalue weighted by atomic mass is 16.4. The van der Waals surface area contributed by atoms with Gasteiger partial charge in [0.15, 0.2) is 0 Å². The van der Waals surface area contributed by atoms with Gasteiger partial charge in [0.05, 0.1) is 12.5 Å². The van der Waals surface area contributed by atoms with Crippen LogP contribution in [0.3, 0.4) is 0 Å². The lowest BCUT2D eigenvalue weighted by molar-refractivity contribution is -0.138. The van der Waals surface area contributed by atoms with Gasteiger partial charge in [-0.1, -0.05) is 38.1 Å². The Morgan fingerprint density at radius 1 is 1.08 bits per heavy atom. The number of amides is 2. The second-order valence-electron chi connectivity index (χ2n) is 6.61. The molecule has 0 aliphatic carbocycles. The van der Waals surface area contributed by atoms with Crippen molar-refractivity contribution in [3.8, 4) is 0 Å². The zero-order chi connectivity index (χ0) is 19.1. The van der Waals surface area contributed by atoms with Crippen LogP contribution in [-0.2, 0) is 14.4 Å². The molecular weight excluding hydrogens is 332 g/mol. The highest BCUT2D eigenvalue weighted by Gasteiger charge is 2.28. The van der Waals surface area contributed by atoms with Crippen molar-refractivity contribution >= 4 is 17.8 Å². The number of hydrogen-bond acceptors (Lipinski definition) is 4. The molecule has 1 aromatic carbocycles. The summed E-state index contributed by atoms with van der Waals surface area (Å²) in [7, 11) is 0.